The van der Waals surface area contributed by atoms with Crippen LogP contribution in [0.25, 0.3) is 0 Å². The maximum atomic E-state index is 13.9. The van der Waals surface area contributed by atoms with Crippen molar-refractivity contribution in [3.8, 4) is 5.75 Å². The van der Waals surface area contributed by atoms with Gasteiger partial charge in [0.25, 0.3) is 0 Å². The van der Waals surface area contributed by atoms with E-state index >= 15 is 0 Å². The van der Waals surface area contributed by atoms with E-state index in [0.717, 1.165) is 37.8 Å². The summed E-state index contributed by atoms with van der Waals surface area (Å²) in [5.74, 6) is -1.46. The molecule has 0 spiro atoms. The molecule has 180 valence electrons. The zero-order valence-corrected chi connectivity index (χ0v) is 19.6. The standard InChI is InChI=1S/C23H29F2N3O4S/c1-27(15-17-7-8-18(24)13-20(17)25)16-23(29)26-21-14-19(9-10-22(21)32-2)33(30,31)28-11-5-3-4-6-12-28/h7-10,13-14H,3-6,11-12,15-16H2,1-2H3,(H,26,29). The lowest BCUT2D eigenvalue weighted by Crippen LogP contribution is -2.32. The Hall–Kier alpha value is -2.56. The smallest absolute Gasteiger partial charge is 0.243 e. The molecule has 33 heavy (non-hydrogen) atoms. The van der Waals surface area contributed by atoms with Crippen LogP contribution in [0.1, 0.15) is 31.2 Å². The van der Waals surface area contributed by atoms with E-state index < -0.39 is 27.6 Å². The van der Waals surface area contributed by atoms with Gasteiger partial charge in [0.15, 0.2) is 0 Å². The summed E-state index contributed by atoms with van der Waals surface area (Å²) in [4.78, 5) is 14.3. The number of nitrogens with one attached hydrogen (secondary N) is 1. The summed E-state index contributed by atoms with van der Waals surface area (Å²) in [6.45, 7) is 0.949. The van der Waals surface area contributed by atoms with Crippen molar-refractivity contribution < 1.29 is 26.7 Å². The van der Waals surface area contributed by atoms with E-state index in [0.29, 0.717) is 18.8 Å². The van der Waals surface area contributed by atoms with Crippen LogP contribution in [0.4, 0.5) is 14.5 Å². The van der Waals surface area contributed by atoms with Gasteiger partial charge in [0.2, 0.25) is 15.9 Å². The minimum atomic E-state index is -3.70. The molecule has 10 heteroatoms. The van der Waals surface area contributed by atoms with Crippen molar-refractivity contribution in [2.45, 2.75) is 37.1 Å². The van der Waals surface area contributed by atoms with E-state index in [1.165, 1.54) is 35.7 Å². The van der Waals surface area contributed by atoms with Gasteiger partial charge < -0.3 is 10.1 Å². The van der Waals surface area contributed by atoms with Crippen LogP contribution in [0.3, 0.4) is 0 Å². The van der Waals surface area contributed by atoms with Gasteiger partial charge in [-0.05, 0) is 44.2 Å². The van der Waals surface area contributed by atoms with Crippen LogP contribution in [-0.4, -0.2) is 57.3 Å². The number of hydrogen-bond donors (Lipinski definition) is 1. The molecule has 1 N–H and O–H groups in total. The number of carbonyl (C=O) groups excluding carboxylic acids is 1. The van der Waals surface area contributed by atoms with E-state index in [-0.39, 0.29) is 29.2 Å². The number of hydrogen-bond acceptors (Lipinski definition) is 5. The number of nitrogens with zero attached hydrogens (tertiary/aromatic N) is 2. The molecule has 0 bridgehead atoms. The third kappa shape index (κ3) is 6.49. The summed E-state index contributed by atoms with van der Waals surface area (Å²) in [5, 5.41) is 2.69. The monoisotopic (exact) mass is 481 g/mol. The molecule has 1 fully saturated rings. The van der Waals surface area contributed by atoms with Crippen molar-refractivity contribution >= 4 is 21.6 Å². The molecule has 0 aliphatic carbocycles. The largest absolute Gasteiger partial charge is 0.495 e. The Morgan fingerprint density at radius 2 is 1.79 bits per heavy atom. The van der Waals surface area contributed by atoms with Gasteiger partial charge >= 0.3 is 0 Å². The second-order valence-corrected chi connectivity index (χ2v) is 10.1. The highest BCUT2D eigenvalue weighted by molar-refractivity contribution is 7.89. The number of methoxy groups -OCH3 is 1. The molecular formula is C23H29F2N3O4S. The lowest BCUT2D eigenvalue weighted by atomic mass is 10.2. The Labute approximate surface area is 193 Å². The molecule has 0 radical (unpaired) electrons. The van der Waals surface area contributed by atoms with Crippen LogP contribution >= 0.6 is 0 Å². The highest BCUT2D eigenvalue weighted by Crippen LogP contribution is 2.30. The van der Waals surface area contributed by atoms with Crippen LogP contribution < -0.4 is 10.1 Å². The first kappa shape index (κ1) is 25.1. The van der Waals surface area contributed by atoms with Crippen molar-refractivity contribution in [1.29, 1.82) is 0 Å². The van der Waals surface area contributed by atoms with Gasteiger partial charge in [0.1, 0.15) is 17.4 Å². The maximum Gasteiger partial charge on any atom is 0.243 e. The van der Waals surface area contributed by atoms with Crippen molar-refractivity contribution in [3.63, 3.8) is 0 Å². The van der Waals surface area contributed by atoms with E-state index in [1.54, 1.807) is 11.9 Å². The molecule has 2 aromatic rings. The highest BCUT2D eigenvalue weighted by Gasteiger charge is 2.26. The van der Waals surface area contributed by atoms with Crippen molar-refractivity contribution in [2.75, 3.05) is 39.1 Å². The Morgan fingerprint density at radius 3 is 2.42 bits per heavy atom. The van der Waals surface area contributed by atoms with E-state index in [4.69, 9.17) is 4.74 Å². The Balaban J connectivity index is 1.72. The van der Waals surface area contributed by atoms with Gasteiger partial charge in [-0.15, -0.1) is 0 Å². The first-order valence-corrected chi connectivity index (χ1v) is 12.2. The molecule has 7 nitrogen and oxygen atoms in total. The summed E-state index contributed by atoms with van der Waals surface area (Å²) in [5.41, 5.74) is 0.495. The quantitative estimate of drug-likeness (QED) is 0.623. The molecule has 1 aliphatic rings. The average molecular weight is 482 g/mol. The minimum Gasteiger partial charge on any atom is -0.495 e. The van der Waals surface area contributed by atoms with Crippen LogP contribution in [0.15, 0.2) is 41.3 Å². The highest BCUT2D eigenvalue weighted by atomic mass is 32.2. The van der Waals surface area contributed by atoms with Gasteiger partial charge in [0, 0.05) is 31.3 Å². The molecule has 2 aromatic carbocycles. The van der Waals surface area contributed by atoms with E-state index in [2.05, 4.69) is 5.32 Å². The fourth-order valence-corrected chi connectivity index (χ4v) is 5.35. The van der Waals surface area contributed by atoms with Crippen LogP contribution in [-0.2, 0) is 21.4 Å². The number of anilines is 1. The number of carbonyl (C=O) groups is 1. The first-order valence-electron chi connectivity index (χ1n) is 10.8. The van der Waals surface area contributed by atoms with Crippen LogP contribution in [0.5, 0.6) is 5.75 Å². The summed E-state index contributed by atoms with van der Waals surface area (Å²) in [6.07, 6.45) is 3.65. The summed E-state index contributed by atoms with van der Waals surface area (Å²) >= 11 is 0. The molecule has 1 amide bonds. The first-order chi connectivity index (χ1) is 15.7. The van der Waals surface area contributed by atoms with Gasteiger partial charge in [-0.25, -0.2) is 17.2 Å². The molecule has 0 atom stereocenters. The third-order valence-electron chi connectivity index (χ3n) is 5.52. The Morgan fingerprint density at radius 1 is 1.09 bits per heavy atom. The van der Waals surface area contributed by atoms with E-state index in [1.807, 2.05) is 0 Å². The van der Waals surface area contributed by atoms with Crippen molar-refractivity contribution in [1.82, 2.24) is 9.21 Å². The van der Waals surface area contributed by atoms with Crippen LogP contribution in [0.2, 0.25) is 0 Å². The molecule has 3 rings (SSSR count). The molecule has 0 aromatic heterocycles. The minimum absolute atomic E-state index is 0.0854. The van der Waals surface area contributed by atoms with Gasteiger partial charge in [0.05, 0.1) is 24.2 Å². The fraction of sp³-hybridized carbons (Fsp3) is 0.435. The van der Waals surface area contributed by atoms with Crippen molar-refractivity contribution in [3.05, 3.63) is 53.6 Å². The Kier molecular flexibility index (Phi) is 8.39. The fourth-order valence-electron chi connectivity index (χ4n) is 3.81. The van der Waals surface area contributed by atoms with Crippen molar-refractivity contribution in [2.24, 2.45) is 0 Å². The molecule has 0 unspecified atom stereocenters. The predicted molar refractivity (Wildman–Crippen MR) is 122 cm³/mol. The van der Waals surface area contributed by atoms with Gasteiger partial charge in [-0.1, -0.05) is 18.9 Å². The van der Waals surface area contributed by atoms with E-state index in [9.17, 15) is 22.0 Å². The number of sulfonamides is 1. The number of ether oxygens (including phenoxy) is 1. The van der Waals surface area contributed by atoms with Gasteiger partial charge in [-0.3, -0.25) is 9.69 Å². The number of amides is 1. The normalized spacial score (nSPS) is 15.3. The average Bonchev–Trinajstić information content (AvgIpc) is 3.06. The summed E-state index contributed by atoms with van der Waals surface area (Å²) < 4.78 is 60.0. The lowest BCUT2D eigenvalue weighted by molar-refractivity contribution is -0.117. The predicted octanol–water partition coefficient (Wildman–Crippen LogP) is 3.61. The second kappa shape index (κ2) is 11.0. The Bertz CT molecular complexity index is 1090. The lowest BCUT2D eigenvalue weighted by Gasteiger charge is -2.21. The molecule has 1 heterocycles. The topological polar surface area (TPSA) is 79.0 Å². The number of halogens is 2. The SMILES string of the molecule is COc1ccc(S(=O)(=O)N2CCCCCC2)cc1NC(=O)CN(C)Cc1ccc(F)cc1F. The molecular weight excluding hydrogens is 452 g/mol. The van der Waals surface area contributed by atoms with Crippen LogP contribution in [0, 0.1) is 11.6 Å². The zero-order valence-electron chi connectivity index (χ0n) is 18.8. The second-order valence-electron chi connectivity index (χ2n) is 8.14. The summed E-state index contributed by atoms with van der Waals surface area (Å²) in [6, 6.07) is 7.67. The number of benzene rings is 2. The maximum absolute atomic E-state index is 13.9. The molecule has 1 saturated heterocycles. The van der Waals surface area contributed by atoms with Gasteiger partial charge in [-0.2, -0.15) is 4.31 Å². The number of likely N-dealkylation sites (N-methyl/N-ethyl adjacent to an activating group) is 1. The molecule has 1 aliphatic heterocycles. The molecule has 0 saturated carbocycles. The third-order valence-corrected chi connectivity index (χ3v) is 7.41. The summed E-state index contributed by atoms with van der Waals surface area (Å²) in [7, 11) is -0.644. The number of rotatable bonds is 8. The zero-order chi connectivity index (χ0) is 24.0.